The van der Waals surface area contributed by atoms with E-state index in [1.165, 1.54) is 6.26 Å². The van der Waals surface area contributed by atoms with E-state index in [2.05, 4.69) is 18.8 Å². The molecule has 0 unspecified atom stereocenters. The summed E-state index contributed by atoms with van der Waals surface area (Å²) in [7, 11) is -3.88. The highest BCUT2D eigenvalue weighted by atomic mass is 32.2. The Labute approximate surface area is 108 Å². The van der Waals surface area contributed by atoms with Gasteiger partial charge >= 0.3 is 0 Å². The predicted octanol–water partition coefficient (Wildman–Crippen LogP) is 2.55. The Hall–Kier alpha value is -1.14. The molecule has 102 valence electrons. The maximum atomic E-state index is 10.5. The van der Waals surface area contributed by atoms with Crippen LogP contribution in [0.1, 0.15) is 38.3 Å². The van der Waals surface area contributed by atoms with Gasteiger partial charge in [-0.15, -0.1) is 0 Å². The predicted molar refractivity (Wildman–Crippen MR) is 69.7 cm³/mol. The Morgan fingerprint density at radius 2 is 2.22 bits per heavy atom. The van der Waals surface area contributed by atoms with Crippen LogP contribution in [0, 0.1) is 5.92 Å². The smallest absolute Gasteiger partial charge is 0.264 e. The van der Waals surface area contributed by atoms with Crippen LogP contribution in [-0.4, -0.2) is 23.7 Å². The van der Waals surface area contributed by atoms with Gasteiger partial charge in [0, 0.05) is 0 Å². The quantitative estimate of drug-likeness (QED) is 0.772. The zero-order chi connectivity index (χ0) is 13.6. The average molecular weight is 273 g/mol. The topological polar surface area (TPSA) is 80.4 Å². The summed E-state index contributed by atoms with van der Waals surface area (Å²) < 4.78 is 34.9. The third-order valence-electron chi connectivity index (χ3n) is 2.27. The van der Waals surface area contributed by atoms with E-state index >= 15 is 0 Å². The number of hydrogen-bond donors (Lipinski definition) is 1. The number of allylic oxidation sites excluding steroid dienone is 1. The molecule has 0 radical (unpaired) electrons. The second kappa shape index (κ2) is 6.70. The lowest BCUT2D eigenvalue weighted by Gasteiger charge is -1.95. The summed E-state index contributed by atoms with van der Waals surface area (Å²) in [6.45, 7) is 4.25. The van der Waals surface area contributed by atoms with Crippen LogP contribution in [0.25, 0.3) is 6.08 Å². The van der Waals surface area contributed by atoms with Crippen LogP contribution in [0.3, 0.4) is 0 Å². The van der Waals surface area contributed by atoms with Crippen LogP contribution >= 0.6 is 0 Å². The monoisotopic (exact) mass is 273 g/mol. The van der Waals surface area contributed by atoms with Crippen molar-refractivity contribution in [3.05, 3.63) is 23.9 Å². The molecule has 0 saturated heterocycles. The maximum absolute atomic E-state index is 10.5. The van der Waals surface area contributed by atoms with Crippen molar-refractivity contribution in [3.63, 3.8) is 0 Å². The summed E-state index contributed by atoms with van der Waals surface area (Å²) in [5.41, 5.74) is 0.697. The molecule has 0 aromatic carbocycles. The molecular weight excluding hydrogens is 254 g/mol. The summed E-state index contributed by atoms with van der Waals surface area (Å²) in [4.78, 5) is 4.20. The molecule has 1 aromatic heterocycles. The minimum atomic E-state index is -3.88. The van der Waals surface area contributed by atoms with Crippen molar-refractivity contribution in [1.29, 1.82) is 0 Å². The fraction of sp³-hybridized carbons (Fsp3) is 0.583. The van der Waals surface area contributed by atoms with E-state index in [4.69, 9.17) is 8.97 Å². The molecular formula is C12H19NO4S. The van der Waals surface area contributed by atoms with E-state index in [1.54, 1.807) is 0 Å². The van der Waals surface area contributed by atoms with Crippen molar-refractivity contribution in [2.75, 3.05) is 5.75 Å². The molecule has 0 atom stereocenters. The fourth-order valence-corrected chi connectivity index (χ4v) is 1.90. The van der Waals surface area contributed by atoms with Crippen LogP contribution in [0.2, 0.25) is 0 Å². The largest absolute Gasteiger partial charge is 0.445 e. The third-order valence-corrected chi connectivity index (χ3v) is 3.08. The molecule has 5 nitrogen and oxygen atoms in total. The van der Waals surface area contributed by atoms with Crippen LogP contribution in [-0.2, 0) is 16.5 Å². The van der Waals surface area contributed by atoms with Crippen LogP contribution in [0.5, 0.6) is 0 Å². The number of rotatable bonds is 7. The van der Waals surface area contributed by atoms with Crippen LogP contribution in [0.4, 0.5) is 0 Å². The normalized spacial score (nSPS) is 12.7. The number of hydrogen-bond acceptors (Lipinski definition) is 4. The molecule has 0 fully saturated rings. The number of nitrogens with zero attached hydrogens (tertiary/aromatic N) is 1. The minimum Gasteiger partial charge on any atom is -0.445 e. The fourth-order valence-electron chi connectivity index (χ4n) is 1.39. The molecule has 0 spiro atoms. The van der Waals surface area contributed by atoms with Crippen molar-refractivity contribution in [2.24, 2.45) is 5.92 Å². The van der Waals surface area contributed by atoms with Gasteiger partial charge < -0.3 is 4.42 Å². The second-order valence-corrected chi connectivity index (χ2v) is 6.17. The third kappa shape index (κ3) is 6.56. The highest BCUT2D eigenvalue weighted by Gasteiger charge is 2.06. The molecule has 1 aromatic rings. The van der Waals surface area contributed by atoms with Gasteiger partial charge in [-0.2, -0.15) is 8.42 Å². The van der Waals surface area contributed by atoms with Gasteiger partial charge in [0.05, 0.1) is 11.4 Å². The molecule has 18 heavy (non-hydrogen) atoms. The van der Waals surface area contributed by atoms with Gasteiger partial charge in [0.15, 0.2) is 0 Å². The van der Waals surface area contributed by atoms with Gasteiger partial charge in [-0.25, -0.2) is 4.98 Å². The first kappa shape index (κ1) is 14.9. The van der Waals surface area contributed by atoms with Gasteiger partial charge in [0.1, 0.15) is 6.26 Å². The van der Waals surface area contributed by atoms with Crippen LogP contribution < -0.4 is 0 Å². The molecule has 1 heterocycles. The Morgan fingerprint density at radius 1 is 1.50 bits per heavy atom. The molecule has 0 amide bonds. The van der Waals surface area contributed by atoms with E-state index in [0.717, 1.165) is 6.42 Å². The average Bonchev–Trinajstić information content (AvgIpc) is 2.63. The van der Waals surface area contributed by atoms with Gasteiger partial charge in [-0.3, -0.25) is 4.55 Å². The highest BCUT2D eigenvalue weighted by Crippen LogP contribution is 2.09. The van der Waals surface area contributed by atoms with Crippen molar-refractivity contribution in [2.45, 2.75) is 33.1 Å². The Bertz CT molecular complexity index is 488. The van der Waals surface area contributed by atoms with E-state index in [1.807, 2.05) is 12.2 Å². The summed E-state index contributed by atoms with van der Waals surface area (Å²) >= 11 is 0. The van der Waals surface area contributed by atoms with Crippen molar-refractivity contribution in [1.82, 2.24) is 4.98 Å². The lowest BCUT2D eigenvalue weighted by atomic mass is 10.1. The lowest BCUT2D eigenvalue weighted by Crippen LogP contribution is -2.04. The van der Waals surface area contributed by atoms with Gasteiger partial charge in [-0.1, -0.05) is 19.9 Å². The molecule has 0 bridgehead atoms. The minimum absolute atomic E-state index is 0.252. The maximum Gasteiger partial charge on any atom is 0.264 e. The molecule has 0 aliphatic rings. The van der Waals surface area contributed by atoms with Crippen molar-refractivity contribution < 1.29 is 17.4 Å². The first-order valence-electron chi connectivity index (χ1n) is 5.93. The zero-order valence-electron chi connectivity index (χ0n) is 10.7. The first-order chi connectivity index (χ1) is 8.37. The summed E-state index contributed by atoms with van der Waals surface area (Å²) in [6.07, 6.45) is 7.09. The van der Waals surface area contributed by atoms with E-state index in [9.17, 15) is 8.42 Å². The molecule has 1 N–H and O–H groups in total. The summed E-state index contributed by atoms with van der Waals surface area (Å²) in [5.74, 6) is 0.862. The second-order valence-electron chi connectivity index (χ2n) is 4.60. The lowest BCUT2D eigenvalue weighted by molar-refractivity contribution is 0.481. The van der Waals surface area contributed by atoms with Crippen molar-refractivity contribution in [3.8, 4) is 0 Å². The zero-order valence-corrected chi connectivity index (χ0v) is 11.5. The molecule has 0 aliphatic heterocycles. The van der Waals surface area contributed by atoms with E-state index < -0.39 is 10.1 Å². The Balaban J connectivity index is 2.41. The summed E-state index contributed by atoms with van der Waals surface area (Å²) in [6, 6.07) is 0. The highest BCUT2D eigenvalue weighted by molar-refractivity contribution is 7.85. The Morgan fingerprint density at radius 3 is 2.83 bits per heavy atom. The molecule has 6 heteroatoms. The number of aromatic nitrogens is 1. The number of aryl methyl sites for hydroxylation is 1. The Kier molecular flexibility index (Phi) is 5.55. The summed E-state index contributed by atoms with van der Waals surface area (Å²) in [5, 5.41) is 0. The molecule has 1 rings (SSSR count). The van der Waals surface area contributed by atoms with E-state index in [-0.39, 0.29) is 5.75 Å². The van der Waals surface area contributed by atoms with Crippen molar-refractivity contribution >= 4 is 16.2 Å². The van der Waals surface area contributed by atoms with Gasteiger partial charge in [-0.05, 0) is 31.3 Å². The first-order valence-corrected chi connectivity index (χ1v) is 7.54. The molecule has 0 saturated carbocycles. The van der Waals surface area contributed by atoms with Gasteiger partial charge in [0.2, 0.25) is 5.89 Å². The SMILES string of the molecule is CC(C)C/C=C/c1nc(CCCS(=O)(=O)O)co1. The van der Waals surface area contributed by atoms with Crippen LogP contribution in [0.15, 0.2) is 16.8 Å². The number of oxazole rings is 1. The molecule has 0 aliphatic carbocycles. The standard InChI is InChI=1S/C12H19NO4S/c1-10(2)5-3-7-12-13-11(9-17-12)6-4-8-18(14,15)16/h3,7,9-10H,4-6,8H2,1-2H3,(H,14,15,16)/b7-3+. The van der Waals surface area contributed by atoms with E-state index in [0.29, 0.717) is 30.3 Å². The van der Waals surface area contributed by atoms with Gasteiger partial charge in [0.25, 0.3) is 10.1 Å².